The molecule has 2 aliphatic rings. The number of rotatable bonds is 1. The van der Waals surface area contributed by atoms with E-state index in [9.17, 15) is 8.63 Å². The van der Waals surface area contributed by atoms with Crippen molar-refractivity contribution >= 4 is 63.8 Å². The van der Waals surface area contributed by atoms with E-state index in [0.29, 0.717) is 11.4 Å². The van der Waals surface area contributed by atoms with Crippen LogP contribution in [0.3, 0.4) is 0 Å². The molecule has 1 aromatic rings. The van der Waals surface area contributed by atoms with Crippen molar-refractivity contribution in [3.05, 3.63) is 47.2 Å². The van der Waals surface area contributed by atoms with E-state index in [1.54, 1.807) is 0 Å². The summed E-state index contributed by atoms with van der Waals surface area (Å²) in [6, 6.07) is 0. The van der Waals surface area contributed by atoms with E-state index in [4.69, 9.17) is 9.31 Å². The molecular weight excluding hydrogens is 543 g/mol. The number of aliphatic imine (C=N–C) groups is 1. The van der Waals surface area contributed by atoms with Crippen molar-refractivity contribution in [1.82, 2.24) is 4.98 Å². The molecule has 1 N–H and O–H groups in total. The molecule has 24 heavy (non-hydrogen) atoms. The summed E-state index contributed by atoms with van der Waals surface area (Å²) in [5, 5.41) is 0. The molecule has 0 unspecified atom stereocenters. The van der Waals surface area contributed by atoms with Crippen molar-refractivity contribution in [2.45, 2.75) is 27.7 Å². The Labute approximate surface area is 165 Å². The zero-order valence-corrected chi connectivity index (χ0v) is 17.7. The number of hydrogen-bond donors (Lipinski definition) is 1. The van der Waals surface area contributed by atoms with Crippen molar-refractivity contribution in [3.63, 3.8) is 0 Å². The van der Waals surface area contributed by atoms with Crippen LogP contribution in [-0.2, 0) is 9.31 Å². The van der Waals surface area contributed by atoms with Crippen LogP contribution < -0.4 is 0 Å². The van der Waals surface area contributed by atoms with Crippen LogP contribution in [0.15, 0.2) is 31.7 Å². The molecule has 0 amide bonds. The molecular formula is C15H14BF2I2N2O2-. The average molecular weight is 557 g/mol. The quantitative estimate of drug-likeness (QED) is 0.372. The van der Waals surface area contributed by atoms with Crippen LogP contribution in [0.25, 0.3) is 5.76 Å². The minimum atomic E-state index is -4.46. The third-order valence-electron chi connectivity index (χ3n) is 4.05. The number of aryl methyl sites for hydroxylation is 1. The first-order chi connectivity index (χ1) is 11.1. The summed E-state index contributed by atoms with van der Waals surface area (Å²) in [5.74, 6) is 0.0958. The number of H-pyrrole nitrogens is 1. The molecule has 3 heterocycles. The minimum absolute atomic E-state index is 0.0301. The Bertz CT molecular complexity index is 869. The second-order valence-corrected chi connectivity index (χ2v) is 7.85. The number of halogens is 4. The van der Waals surface area contributed by atoms with Crippen molar-refractivity contribution in [2.75, 3.05) is 0 Å². The third kappa shape index (κ3) is 3.04. The summed E-state index contributed by atoms with van der Waals surface area (Å²) in [6.07, 6.45) is 1.48. The topological polar surface area (TPSA) is 46.6 Å². The third-order valence-corrected chi connectivity index (χ3v) is 6.72. The molecule has 0 radical (unpaired) electrons. The zero-order valence-electron chi connectivity index (χ0n) is 13.4. The van der Waals surface area contributed by atoms with Crippen molar-refractivity contribution < 1.29 is 17.9 Å². The molecule has 128 valence electrons. The maximum absolute atomic E-state index is 14.1. The van der Waals surface area contributed by atoms with Gasteiger partial charge in [-0.05, 0) is 84.0 Å². The highest BCUT2D eigenvalue weighted by Crippen LogP contribution is 2.40. The normalized spacial score (nSPS) is 23.0. The first-order valence-corrected chi connectivity index (χ1v) is 9.38. The van der Waals surface area contributed by atoms with Gasteiger partial charge in [-0.1, -0.05) is 0 Å². The van der Waals surface area contributed by atoms with Gasteiger partial charge >= 0.3 is 7.11 Å². The zero-order chi connectivity index (χ0) is 17.8. The largest absolute Gasteiger partial charge is 0.726 e. The van der Waals surface area contributed by atoms with Gasteiger partial charge in [0.15, 0.2) is 0 Å². The standard InChI is InChI=1S/C15H14BF2I2N2O2/c1-6-8(3)21-14(12(6)19)10-5-11(24-16(17,18)23-10)15-13(20)7(2)9(4)22-15/h5,21H,1-4H3/q-1/b15-11-. The molecule has 0 aromatic carbocycles. The number of hydrogen-bond acceptors (Lipinski definition) is 3. The van der Waals surface area contributed by atoms with Gasteiger partial charge < -0.3 is 22.9 Å². The van der Waals surface area contributed by atoms with E-state index in [-0.39, 0.29) is 11.5 Å². The predicted molar refractivity (Wildman–Crippen MR) is 108 cm³/mol. The van der Waals surface area contributed by atoms with E-state index >= 15 is 0 Å². The average Bonchev–Trinajstić information content (AvgIpc) is 2.91. The monoisotopic (exact) mass is 557 g/mol. The molecule has 0 saturated carbocycles. The minimum Gasteiger partial charge on any atom is -0.626 e. The summed E-state index contributed by atoms with van der Waals surface area (Å²) in [6.45, 7) is 7.57. The van der Waals surface area contributed by atoms with E-state index in [1.807, 2.05) is 27.7 Å². The fourth-order valence-electron chi connectivity index (χ4n) is 2.42. The molecule has 4 nitrogen and oxygen atoms in total. The van der Waals surface area contributed by atoms with Gasteiger partial charge in [0.1, 0.15) is 17.2 Å². The molecule has 0 saturated heterocycles. The summed E-state index contributed by atoms with van der Waals surface area (Å²) in [5.41, 5.74) is 4.62. The van der Waals surface area contributed by atoms with Gasteiger partial charge in [0.2, 0.25) is 0 Å². The molecule has 3 rings (SSSR count). The van der Waals surface area contributed by atoms with Gasteiger partial charge in [-0.2, -0.15) is 0 Å². The van der Waals surface area contributed by atoms with Gasteiger partial charge in [0, 0.05) is 24.6 Å². The highest BCUT2D eigenvalue weighted by atomic mass is 127. The van der Waals surface area contributed by atoms with Crippen molar-refractivity contribution in [1.29, 1.82) is 0 Å². The van der Waals surface area contributed by atoms with Crippen LogP contribution in [0.1, 0.15) is 30.8 Å². The Morgan fingerprint density at radius 1 is 1.12 bits per heavy atom. The number of nitrogens with one attached hydrogen (secondary N) is 1. The molecule has 1 aromatic heterocycles. The van der Waals surface area contributed by atoms with Gasteiger partial charge in [-0.15, -0.1) is 0 Å². The van der Waals surface area contributed by atoms with E-state index in [0.717, 1.165) is 29.7 Å². The Morgan fingerprint density at radius 3 is 2.29 bits per heavy atom. The Kier molecular flexibility index (Phi) is 4.60. The van der Waals surface area contributed by atoms with Crippen LogP contribution in [0, 0.1) is 17.4 Å². The lowest BCUT2D eigenvalue weighted by Gasteiger charge is -2.34. The first kappa shape index (κ1) is 18.0. The van der Waals surface area contributed by atoms with Crippen LogP contribution in [0.2, 0.25) is 0 Å². The van der Waals surface area contributed by atoms with E-state index < -0.39 is 7.11 Å². The van der Waals surface area contributed by atoms with E-state index in [1.165, 1.54) is 6.08 Å². The van der Waals surface area contributed by atoms with Gasteiger partial charge in [0.05, 0.1) is 5.69 Å². The van der Waals surface area contributed by atoms with Gasteiger partial charge in [-0.3, -0.25) is 0 Å². The second-order valence-electron chi connectivity index (χ2n) is 5.69. The maximum atomic E-state index is 14.1. The Hall–Kier alpha value is -0.845. The van der Waals surface area contributed by atoms with Crippen molar-refractivity contribution in [2.24, 2.45) is 4.99 Å². The van der Waals surface area contributed by atoms with E-state index in [2.05, 4.69) is 55.2 Å². The summed E-state index contributed by atoms with van der Waals surface area (Å²) >= 11 is 4.22. The fraction of sp³-hybridized carbons (Fsp3) is 0.267. The number of nitrogens with zero attached hydrogens (tertiary/aromatic N) is 1. The first-order valence-electron chi connectivity index (χ1n) is 7.22. The maximum Gasteiger partial charge on any atom is 0.726 e. The Balaban J connectivity index is 2.18. The number of aromatic nitrogens is 1. The summed E-state index contributed by atoms with van der Waals surface area (Å²) < 4.78 is 39.4. The van der Waals surface area contributed by atoms with Crippen LogP contribution in [-0.4, -0.2) is 17.8 Å². The van der Waals surface area contributed by atoms with Crippen LogP contribution >= 0.6 is 45.2 Å². The molecule has 0 aliphatic carbocycles. The summed E-state index contributed by atoms with van der Waals surface area (Å²) in [4.78, 5) is 7.48. The second kappa shape index (κ2) is 6.15. The highest BCUT2D eigenvalue weighted by molar-refractivity contribution is 14.1. The lowest BCUT2D eigenvalue weighted by atomic mass is 10.1. The molecule has 0 fully saturated rings. The molecule has 0 spiro atoms. The molecule has 2 aliphatic heterocycles. The SMILES string of the molecule is CC1=N/C(=C2/C=C(c3[nH]c(C)c(C)c3I)O[B-](F)(F)O2)C(I)=C1C. The number of aromatic amines is 1. The fourth-order valence-corrected chi connectivity index (χ4v) is 4.00. The Morgan fingerprint density at radius 2 is 1.79 bits per heavy atom. The lowest BCUT2D eigenvalue weighted by molar-refractivity contribution is 0.171. The van der Waals surface area contributed by atoms with Crippen LogP contribution in [0.4, 0.5) is 8.63 Å². The highest BCUT2D eigenvalue weighted by Gasteiger charge is 2.40. The van der Waals surface area contributed by atoms with Crippen molar-refractivity contribution in [3.8, 4) is 0 Å². The predicted octanol–water partition coefficient (Wildman–Crippen LogP) is 5.39. The summed E-state index contributed by atoms with van der Waals surface area (Å²) in [7, 11) is -4.46. The van der Waals surface area contributed by atoms with Crippen LogP contribution in [0.5, 0.6) is 0 Å². The number of allylic oxidation sites excluding steroid dienone is 3. The molecule has 0 bridgehead atoms. The smallest absolute Gasteiger partial charge is 0.626 e. The van der Waals surface area contributed by atoms with Gasteiger partial charge in [-0.25, -0.2) is 4.99 Å². The lowest BCUT2D eigenvalue weighted by Crippen LogP contribution is -2.34. The molecule has 9 heteroatoms. The molecule has 0 atom stereocenters. The van der Waals surface area contributed by atoms with Gasteiger partial charge in [0.25, 0.3) is 0 Å².